The lowest BCUT2D eigenvalue weighted by Gasteiger charge is -2.30. The first kappa shape index (κ1) is 19.7. The molecule has 2 aliphatic heterocycles. The van der Waals surface area contributed by atoms with Gasteiger partial charge in [-0.25, -0.2) is 0 Å². The average molecular weight is 450 g/mol. The van der Waals surface area contributed by atoms with Crippen molar-refractivity contribution in [2.75, 3.05) is 36.6 Å². The lowest BCUT2D eigenvalue weighted by Crippen LogP contribution is -2.36. The molecule has 3 aliphatic rings. The van der Waals surface area contributed by atoms with Crippen molar-refractivity contribution in [1.29, 1.82) is 0 Å². The molecule has 1 fully saturated rings. The monoisotopic (exact) mass is 449 g/mol. The van der Waals surface area contributed by atoms with Gasteiger partial charge in [0.05, 0.1) is 43.4 Å². The van der Waals surface area contributed by atoms with E-state index in [9.17, 15) is 0 Å². The topological polar surface area (TPSA) is 45.6 Å². The van der Waals surface area contributed by atoms with Crippen molar-refractivity contribution in [1.82, 2.24) is 14.8 Å². The highest BCUT2D eigenvalue weighted by molar-refractivity contribution is 5.91. The molecule has 0 saturated carbocycles. The van der Waals surface area contributed by atoms with Gasteiger partial charge in [-0.1, -0.05) is 36.4 Å². The number of morpholine rings is 1. The Morgan fingerprint density at radius 3 is 2.62 bits per heavy atom. The van der Waals surface area contributed by atoms with Crippen molar-refractivity contribution < 1.29 is 4.74 Å². The number of ether oxygens (including phenoxy) is 1. The highest BCUT2D eigenvalue weighted by Gasteiger charge is 2.29. The van der Waals surface area contributed by atoms with Gasteiger partial charge in [0, 0.05) is 30.5 Å². The molecule has 170 valence electrons. The number of nitrogens with zero attached hydrogens (tertiary/aromatic N) is 4. The number of hydrogen-bond donors (Lipinski definition) is 1. The third-order valence-corrected chi connectivity index (χ3v) is 7.29. The summed E-state index contributed by atoms with van der Waals surface area (Å²) in [5.41, 5.74) is 11.1. The molecule has 1 atom stereocenters. The van der Waals surface area contributed by atoms with E-state index in [0.29, 0.717) is 0 Å². The molecule has 0 amide bonds. The number of hydrogen-bond acceptors (Lipinski definition) is 5. The Bertz CT molecular complexity index is 1380. The van der Waals surface area contributed by atoms with Crippen LogP contribution in [0.4, 0.5) is 11.4 Å². The molecule has 3 aromatic carbocycles. The van der Waals surface area contributed by atoms with Crippen LogP contribution in [0, 0.1) is 0 Å². The van der Waals surface area contributed by atoms with E-state index < -0.39 is 0 Å². The van der Waals surface area contributed by atoms with Crippen molar-refractivity contribution in [2.45, 2.75) is 19.0 Å². The maximum Gasteiger partial charge on any atom is 0.0819 e. The molecule has 3 heterocycles. The van der Waals surface area contributed by atoms with Gasteiger partial charge >= 0.3 is 0 Å². The fraction of sp³-hybridized carbons (Fsp3) is 0.250. The predicted molar refractivity (Wildman–Crippen MR) is 136 cm³/mol. The maximum atomic E-state index is 5.47. The normalized spacial score (nSPS) is 19.0. The Hall–Kier alpha value is -3.77. The Labute approximate surface area is 199 Å². The smallest absolute Gasteiger partial charge is 0.0819 e. The lowest BCUT2D eigenvalue weighted by molar-refractivity contribution is 0.122. The number of nitrogens with one attached hydrogen (secondary N) is 1. The quantitative estimate of drug-likeness (QED) is 0.483. The van der Waals surface area contributed by atoms with Gasteiger partial charge in [-0.2, -0.15) is 5.10 Å². The molecule has 0 radical (unpaired) electrons. The zero-order chi connectivity index (χ0) is 22.5. The first-order valence-corrected chi connectivity index (χ1v) is 12.0. The summed E-state index contributed by atoms with van der Waals surface area (Å²) in [6.45, 7) is 4.27. The predicted octanol–water partition coefficient (Wildman–Crippen LogP) is 4.83. The second-order valence-electron chi connectivity index (χ2n) is 9.28. The van der Waals surface area contributed by atoms with Crippen molar-refractivity contribution in [3.8, 4) is 0 Å². The number of fused-ring (bicyclic) bond motifs is 1. The van der Waals surface area contributed by atoms with E-state index in [0.717, 1.165) is 45.0 Å². The van der Waals surface area contributed by atoms with E-state index in [1.165, 1.54) is 38.8 Å². The lowest BCUT2D eigenvalue weighted by atomic mass is 10.0. The SMILES string of the molecule is C1=CN(Nc2ccc(N3CCOCC3)cc2)Cc2c1cnn2[C@@H]1Cc2cccc3cccc1c23. The van der Waals surface area contributed by atoms with Crippen LogP contribution in [-0.2, 0) is 17.7 Å². The summed E-state index contributed by atoms with van der Waals surface area (Å²) in [5, 5.41) is 9.72. The molecule has 1 N–H and O–H groups in total. The van der Waals surface area contributed by atoms with Gasteiger partial charge in [-0.15, -0.1) is 0 Å². The van der Waals surface area contributed by atoms with E-state index in [1.807, 2.05) is 6.20 Å². The van der Waals surface area contributed by atoms with Gasteiger partial charge in [-0.05, 0) is 58.7 Å². The average Bonchev–Trinajstić information content (AvgIpc) is 3.48. The van der Waals surface area contributed by atoms with E-state index >= 15 is 0 Å². The molecular formula is C28H27N5O. The van der Waals surface area contributed by atoms with Crippen LogP contribution >= 0.6 is 0 Å². The molecule has 7 rings (SSSR count). The van der Waals surface area contributed by atoms with Crippen molar-refractivity contribution >= 4 is 28.2 Å². The molecule has 0 bridgehead atoms. The van der Waals surface area contributed by atoms with Crippen LogP contribution in [0.3, 0.4) is 0 Å². The van der Waals surface area contributed by atoms with Crippen LogP contribution < -0.4 is 10.3 Å². The maximum absolute atomic E-state index is 5.47. The molecule has 1 aliphatic carbocycles. The zero-order valence-electron chi connectivity index (χ0n) is 19.0. The number of hydrazine groups is 1. The molecule has 0 unspecified atom stereocenters. The van der Waals surface area contributed by atoms with Crippen LogP contribution in [0.5, 0.6) is 0 Å². The summed E-state index contributed by atoms with van der Waals surface area (Å²) in [7, 11) is 0. The Morgan fingerprint density at radius 1 is 0.941 bits per heavy atom. The van der Waals surface area contributed by atoms with Gasteiger partial charge in [0.15, 0.2) is 0 Å². The second kappa shape index (κ2) is 7.92. The van der Waals surface area contributed by atoms with E-state index in [1.54, 1.807) is 0 Å². The standard InChI is InChI=1S/C28H27N5O/c1-3-20-4-2-6-25-26(17-21(5-1)28(20)25)33-27-19-32(12-11-22(27)18-29-33)30-23-7-9-24(10-8-23)31-13-15-34-16-14-31/h1-12,18,26,30H,13-17,19H2/t26-/m1/s1. The summed E-state index contributed by atoms with van der Waals surface area (Å²) in [6, 6.07) is 22.2. The van der Waals surface area contributed by atoms with Gasteiger partial charge in [-0.3, -0.25) is 15.1 Å². The fourth-order valence-electron chi connectivity index (χ4n) is 5.60. The summed E-state index contributed by atoms with van der Waals surface area (Å²) >= 11 is 0. The minimum atomic E-state index is 0.242. The number of aromatic nitrogens is 2. The van der Waals surface area contributed by atoms with Crippen LogP contribution in [0.15, 0.2) is 73.1 Å². The fourth-order valence-corrected chi connectivity index (χ4v) is 5.60. The summed E-state index contributed by atoms with van der Waals surface area (Å²) in [6.07, 6.45) is 7.25. The number of anilines is 2. The van der Waals surface area contributed by atoms with Gasteiger partial charge < -0.3 is 9.64 Å². The highest BCUT2D eigenvalue weighted by atomic mass is 16.5. The van der Waals surface area contributed by atoms with Crippen molar-refractivity contribution in [3.63, 3.8) is 0 Å². The van der Waals surface area contributed by atoms with E-state index in [4.69, 9.17) is 9.84 Å². The Kier molecular flexibility index (Phi) is 4.58. The molecule has 34 heavy (non-hydrogen) atoms. The first-order valence-electron chi connectivity index (χ1n) is 12.0. The van der Waals surface area contributed by atoms with Gasteiger partial charge in [0.25, 0.3) is 0 Å². The molecule has 6 nitrogen and oxygen atoms in total. The minimum Gasteiger partial charge on any atom is -0.378 e. The van der Waals surface area contributed by atoms with Gasteiger partial charge in [0.1, 0.15) is 0 Å². The molecule has 0 spiro atoms. The van der Waals surface area contributed by atoms with E-state index in [-0.39, 0.29) is 6.04 Å². The summed E-state index contributed by atoms with van der Waals surface area (Å²) in [4.78, 5) is 2.37. The summed E-state index contributed by atoms with van der Waals surface area (Å²) in [5.74, 6) is 0. The van der Waals surface area contributed by atoms with Crippen molar-refractivity contribution in [3.05, 3.63) is 95.4 Å². The Morgan fingerprint density at radius 2 is 1.76 bits per heavy atom. The highest BCUT2D eigenvalue weighted by Crippen LogP contribution is 2.40. The minimum absolute atomic E-state index is 0.242. The number of rotatable bonds is 4. The zero-order valence-corrected chi connectivity index (χ0v) is 19.0. The van der Waals surface area contributed by atoms with Crippen molar-refractivity contribution in [2.24, 2.45) is 0 Å². The van der Waals surface area contributed by atoms with Crippen LogP contribution in [-0.4, -0.2) is 41.1 Å². The summed E-state index contributed by atoms with van der Waals surface area (Å²) < 4.78 is 7.71. The van der Waals surface area contributed by atoms with Crippen LogP contribution in [0.2, 0.25) is 0 Å². The molecule has 6 heteroatoms. The second-order valence-corrected chi connectivity index (χ2v) is 9.28. The molecular weight excluding hydrogens is 422 g/mol. The Balaban J connectivity index is 1.12. The van der Waals surface area contributed by atoms with Crippen LogP contribution in [0.25, 0.3) is 16.8 Å². The van der Waals surface area contributed by atoms with E-state index in [2.05, 4.69) is 93.0 Å². The van der Waals surface area contributed by atoms with Gasteiger partial charge in [0.2, 0.25) is 0 Å². The third kappa shape index (κ3) is 3.25. The van der Waals surface area contributed by atoms with Crippen LogP contribution in [0.1, 0.15) is 28.4 Å². The molecule has 1 aromatic heterocycles. The molecule has 4 aromatic rings. The third-order valence-electron chi connectivity index (χ3n) is 7.29. The first-order chi connectivity index (χ1) is 16.8. The largest absolute Gasteiger partial charge is 0.378 e. The molecule has 1 saturated heterocycles. The number of benzene rings is 3.